The predicted molar refractivity (Wildman–Crippen MR) is 99.3 cm³/mol. The number of methoxy groups -OCH3 is 3. The number of urea groups is 1. The molecule has 2 amide bonds. The van der Waals surface area contributed by atoms with Crippen LogP contribution in [0, 0.1) is 0 Å². The van der Waals surface area contributed by atoms with Crippen molar-refractivity contribution in [2.75, 3.05) is 33.2 Å². The van der Waals surface area contributed by atoms with Crippen LogP contribution in [-0.2, 0) is 6.42 Å². The van der Waals surface area contributed by atoms with Crippen molar-refractivity contribution in [3.8, 4) is 17.2 Å². The Bertz CT molecular complexity index is 696. The van der Waals surface area contributed by atoms with Gasteiger partial charge in [-0.3, -0.25) is 0 Å². The van der Waals surface area contributed by atoms with Gasteiger partial charge in [-0.05, 0) is 5.56 Å². The molecule has 0 radical (unpaired) electrons. The maximum atomic E-state index is 12.1. The monoisotopic (exact) mass is 360 g/mol. The molecule has 2 aromatic rings. The summed E-state index contributed by atoms with van der Waals surface area (Å²) in [4.78, 5) is 12.1. The lowest BCUT2D eigenvalue weighted by molar-refractivity contribution is 0.172. The van der Waals surface area contributed by atoms with Crippen LogP contribution < -0.4 is 24.8 Å². The van der Waals surface area contributed by atoms with Gasteiger partial charge >= 0.3 is 6.03 Å². The first-order valence-electron chi connectivity index (χ1n) is 8.14. The average Bonchev–Trinajstić information content (AvgIpc) is 2.66. The van der Waals surface area contributed by atoms with E-state index in [2.05, 4.69) is 10.6 Å². The van der Waals surface area contributed by atoms with Crippen LogP contribution in [0.2, 0.25) is 0 Å². The zero-order valence-electron chi connectivity index (χ0n) is 15.1. The van der Waals surface area contributed by atoms with Gasteiger partial charge in [0.15, 0.2) is 11.5 Å². The molecule has 3 N–H and O–H groups in total. The molecule has 0 aliphatic rings. The number of nitrogens with one attached hydrogen (secondary N) is 2. The standard InChI is InChI=1S/C19H24N2O5/c1-24-16-10-14(11-17(25-2)18(16)26-3)21-19(23)20-12-15(22)9-13-7-5-4-6-8-13/h4-8,10-11,15,22H,9,12H2,1-3H3,(H2,20,21,23). The number of carbonyl (C=O) groups is 1. The number of aliphatic hydroxyl groups excluding tert-OH is 1. The van der Waals surface area contributed by atoms with Crippen molar-refractivity contribution in [3.05, 3.63) is 48.0 Å². The smallest absolute Gasteiger partial charge is 0.319 e. The largest absolute Gasteiger partial charge is 0.493 e. The molecular formula is C19H24N2O5. The van der Waals surface area contributed by atoms with Crippen LogP contribution in [0.3, 0.4) is 0 Å². The molecule has 0 aromatic heterocycles. The summed E-state index contributed by atoms with van der Waals surface area (Å²) in [5.74, 6) is 1.32. The zero-order chi connectivity index (χ0) is 18.9. The second kappa shape index (κ2) is 9.53. The van der Waals surface area contributed by atoms with E-state index in [0.29, 0.717) is 29.4 Å². The highest BCUT2D eigenvalue weighted by atomic mass is 16.5. The van der Waals surface area contributed by atoms with E-state index in [1.807, 2.05) is 30.3 Å². The van der Waals surface area contributed by atoms with Gasteiger partial charge in [-0.1, -0.05) is 30.3 Å². The molecule has 0 spiro atoms. The first-order valence-corrected chi connectivity index (χ1v) is 8.14. The minimum atomic E-state index is -0.678. The number of ether oxygens (including phenoxy) is 3. The molecular weight excluding hydrogens is 336 g/mol. The fraction of sp³-hybridized carbons (Fsp3) is 0.316. The summed E-state index contributed by atoms with van der Waals surface area (Å²) in [6, 6.07) is 12.4. The Kier molecular flexibility index (Phi) is 7.11. The Morgan fingerprint density at radius 1 is 1.04 bits per heavy atom. The summed E-state index contributed by atoms with van der Waals surface area (Å²) in [6.07, 6.45) is -0.214. The van der Waals surface area contributed by atoms with Gasteiger partial charge in [0, 0.05) is 25.1 Å². The predicted octanol–water partition coefficient (Wildman–Crippen LogP) is 2.44. The van der Waals surface area contributed by atoms with Crippen LogP contribution in [0.1, 0.15) is 5.56 Å². The van der Waals surface area contributed by atoms with Crippen molar-refractivity contribution >= 4 is 11.7 Å². The second-order valence-corrected chi connectivity index (χ2v) is 5.59. The lowest BCUT2D eigenvalue weighted by Gasteiger charge is -2.16. The lowest BCUT2D eigenvalue weighted by atomic mass is 10.1. The minimum Gasteiger partial charge on any atom is -0.493 e. The van der Waals surface area contributed by atoms with Gasteiger partial charge < -0.3 is 30.0 Å². The molecule has 1 unspecified atom stereocenters. The van der Waals surface area contributed by atoms with Crippen LogP contribution in [0.5, 0.6) is 17.2 Å². The maximum Gasteiger partial charge on any atom is 0.319 e. The Morgan fingerprint density at radius 2 is 1.65 bits per heavy atom. The summed E-state index contributed by atoms with van der Waals surface area (Å²) in [5, 5.41) is 15.4. The molecule has 140 valence electrons. The Hall–Kier alpha value is -2.93. The van der Waals surface area contributed by atoms with Crippen LogP contribution >= 0.6 is 0 Å². The number of anilines is 1. The first-order chi connectivity index (χ1) is 12.6. The van der Waals surface area contributed by atoms with Crippen LogP contribution in [0.15, 0.2) is 42.5 Å². The molecule has 2 aromatic carbocycles. The molecule has 0 aliphatic carbocycles. The average molecular weight is 360 g/mol. The van der Waals surface area contributed by atoms with Gasteiger partial charge in [0.05, 0.1) is 33.1 Å². The molecule has 7 nitrogen and oxygen atoms in total. The molecule has 26 heavy (non-hydrogen) atoms. The summed E-state index contributed by atoms with van der Waals surface area (Å²) in [7, 11) is 4.51. The van der Waals surface area contributed by atoms with Crippen LogP contribution in [-0.4, -0.2) is 45.1 Å². The third-order valence-electron chi connectivity index (χ3n) is 3.73. The fourth-order valence-corrected chi connectivity index (χ4v) is 2.50. The number of aliphatic hydroxyl groups is 1. The first kappa shape index (κ1) is 19.4. The third kappa shape index (κ3) is 5.29. The van der Waals surface area contributed by atoms with Gasteiger partial charge in [-0.2, -0.15) is 0 Å². The molecule has 0 heterocycles. The number of amides is 2. The van der Waals surface area contributed by atoms with Gasteiger partial charge in [0.1, 0.15) is 0 Å². The van der Waals surface area contributed by atoms with Crippen molar-refractivity contribution < 1.29 is 24.1 Å². The van der Waals surface area contributed by atoms with E-state index in [9.17, 15) is 9.90 Å². The van der Waals surface area contributed by atoms with E-state index in [0.717, 1.165) is 5.56 Å². The van der Waals surface area contributed by atoms with Crippen LogP contribution in [0.25, 0.3) is 0 Å². The van der Waals surface area contributed by atoms with E-state index in [4.69, 9.17) is 14.2 Å². The minimum absolute atomic E-state index is 0.130. The number of carbonyl (C=O) groups excluding carboxylic acids is 1. The number of hydrogen-bond acceptors (Lipinski definition) is 5. The lowest BCUT2D eigenvalue weighted by Crippen LogP contribution is -2.36. The molecule has 0 saturated heterocycles. The van der Waals surface area contributed by atoms with Crippen molar-refractivity contribution in [1.82, 2.24) is 5.32 Å². The number of benzene rings is 2. The highest BCUT2D eigenvalue weighted by molar-refractivity contribution is 5.90. The van der Waals surface area contributed by atoms with Gasteiger partial charge in [0.2, 0.25) is 5.75 Å². The quantitative estimate of drug-likeness (QED) is 0.673. The topological polar surface area (TPSA) is 89.1 Å². The van der Waals surface area contributed by atoms with Crippen molar-refractivity contribution in [3.63, 3.8) is 0 Å². The Balaban J connectivity index is 1.93. The second-order valence-electron chi connectivity index (χ2n) is 5.59. The van der Waals surface area contributed by atoms with Crippen molar-refractivity contribution in [1.29, 1.82) is 0 Å². The van der Waals surface area contributed by atoms with E-state index < -0.39 is 12.1 Å². The highest BCUT2D eigenvalue weighted by Crippen LogP contribution is 2.39. The van der Waals surface area contributed by atoms with E-state index in [1.165, 1.54) is 21.3 Å². The summed E-state index contributed by atoms with van der Waals surface area (Å²) in [6.45, 7) is 0.130. The van der Waals surface area contributed by atoms with Gasteiger partial charge in [0.25, 0.3) is 0 Å². The van der Waals surface area contributed by atoms with Gasteiger partial charge in [-0.15, -0.1) is 0 Å². The third-order valence-corrected chi connectivity index (χ3v) is 3.73. The summed E-state index contributed by atoms with van der Waals surface area (Å²) in [5.41, 5.74) is 1.49. The molecule has 0 fully saturated rings. The normalized spacial score (nSPS) is 11.4. The van der Waals surface area contributed by atoms with Gasteiger partial charge in [-0.25, -0.2) is 4.79 Å². The SMILES string of the molecule is COc1cc(NC(=O)NCC(O)Cc2ccccc2)cc(OC)c1OC. The molecule has 1 atom stereocenters. The Labute approximate surface area is 152 Å². The molecule has 0 saturated carbocycles. The van der Waals surface area contributed by atoms with E-state index in [-0.39, 0.29) is 6.54 Å². The number of rotatable bonds is 8. The molecule has 2 rings (SSSR count). The number of hydrogen-bond donors (Lipinski definition) is 3. The maximum absolute atomic E-state index is 12.1. The molecule has 0 bridgehead atoms. The summed E-state index contributed by atoms with van der Waals surface area (Å²) < 4.78 is 15.7. The fourth-order valence-electron chi connectivity index (χ4n) is 2.50. The molecule has 0 aliphatic heterocycles. The van der Waals surface area contributed by atoms with Crippen molar-refractivity contribution in [2.45, 2.75) is 12.5 Å². The van der Waals surface area contributed by atoms with E-state index in [1.54, 1.807) is 12.1 Å². The zero-order valence-corrected chi connectivity index (χ0v) is 15.1. The van der Waals surface area contributed by atoms with E-state index >= 15 is 0 Å². The van der Waals surface area contributed by atoms with Crippen molar-refractivity contribution in [2.24, 2.45) is 0 Å². The molecule has 7 heteroatoms. The summed E-state index contributed by atoms with van der Waals surface area (Å²) >= 11 is 0. The Morgan fingerprint density at radius 3 is 2.19 bits per heavy atom. The van der Waals surface area contributed by atoms with Crippen LogP contribution in [0.4, 0.5) is 10.5 Å². The highest BCUT2D eigenvalue weighted by Gasteiger charge is 2.15.